The largest absolute Gasteiger partial charge is 0.480 e. The number of carbonyl (C=O) groups excluding carboxylic acids is 3. The van der Waals surface area contributed by atoms with E-state index < -0.39 is 41.8 Å². The van der Waals surface area contributed by atoms with Gasteiger partial charge in [0.2, 0.25) is 17.7 Å². The van der Waals surface area contributed by atoms with E-state index in [1.165, 1.54) is 4.90 Å². The minimum atomic E-state index is -1.05. The normalized spacial score (nSPS) is 18.4. The van der Waals surface area contributed by atoms with E-state index in [0.717, 1.165) is 0 Å². The number of nitrogens with zero attached hydrogens (tertiary/aromatic N) is 1. The van der Waals surface area contributed by atoms with E-state index >= 15 is 0 Å². The summed E-state index contributed by atoms with van der Waals surface area (Å²) in [5.41, 5.74) is 10.9. The Kier molecular flexibility index (Phi) is 10.6. The maximum absolute atomic E-state index is 13.0. The lowest BCUT2D eigenvalue weighted by Gasteiger charge is -2.29. The third-order valence-corrected chi connectivity index (χ3v) is 4.93. The fourth-order valence-electron chi connectivity index (χ4n) is 3.47. The maximum Gasteiger partial charge on any atom is 0.326 e. The van der Waals surface area contributed by atoms with E-state index in [4.69, 9.17) is 11.5 Å². The summed E-state index contributed by atoms with van der Waals surface area (Å²) in [4.78, 5) is 50.3. The third kappa shape index (κ3) is 7.98. The Hall–Kier alpha value is -2.20. The van der Waals surface area contributed by atoms with Crippen LogP contribution in [-0.4, -0.2) is 71.5 Å². The van der Waals surface area contributed by atoms with Gasteiger partial charge in [-0.1, -0.05) is 13.8 Å². The zero-order valence-electron chi connectivity index (χ0n) is 17.4. The number of carbonyl (C=O) groups is 4. The van der Waals surface area contributed by atoms with Crippen molar-refractivity contribution in [2.45, 2.75) is 70.5 Å². The minimum absolute atomic E-state index is 0.130. The van der Waals surface area contributed by atoms with Gasteiger partial charge in [-0.2, -0.15) is 0 Å². The molecule has 1 saturated heterocycles. The van der Waals surface area contributed by atoms with Gasteiger partial charge in [0.25, 0.3) is 0 Å². The first-order valence-electron chi connectivity index (χ1n) is 10.2. The van der Waals surface area contributed by atoms with E-state index in [-0.39, 0.29) is 12.5 Å². The maximum atomic E-state index is 13.0. The van der Waals surface area contributed by atoms with Gasteiger partial charge in [-0.15, -0.1) is 0 Å². The Labute approximate surface area is 171 Å². The van der Waals surface area contributed by atoms with Crippen LogP contribution in [-0.2, 0) is 19.2 Å². The van der Waals surface area contributed by atoms with Crippen molar-refractivity contribution in [2.75, 3.05) is 19.6 Å². The van der Waals surface area contributed by atoms with Crippen LogP contribution in [0.5, 0.6) is 0 Å². The van der Waals surface area contributed by atoms with Crippen LogP contribution in [0.4, 0.5) is 0 Å². The molecule has 0 spiro atoms. The molecule has 0 aromatic rings. The molecule has 3 atom stereocenters. The summed E-state index contributed by atoms with van der Waals surface area (Å²) in [6, 6.07) is -2.55. The number of amides is 3. The molecule has 1 aliphatic rings. The molecule has 0 aromatic heterocycles. The lowest BCUT2D eigenvalue weighted by atomic mass is 10.0. The fourth-order valence-corrected chi connectivity index (χ4v) is 3.47. The summed E-state index contributed by atoms with van der Waals surface area (Å²) >= 11 is 0. The Balaban J connectivity index is 2.94. The van der Waals surface area contributed by atoms with Gasteiger partial charge in [0.1, 0.15) is 18.1 Å². The summed E-state index contributed by atoms with van der Waals surface area (Å²) < 4.78 is 0. The van der Waals surface area contributed by atoms with Crippen molar-refractivity contribution < 1.29 is 24.3 Å². The average Bonchev–Trinajstić information content (AvgIpc) is 3.15. The molecule has 0 bridgehead atoms. The lowest BCUT2D eigenvalue weighted by Crippen LogP contribution is -2.56. The number of carboxylic acids is 1. The molecule has 166 valence electrons. The first-order chi connectivity index (χ1) is 13.7. The molecule has 0 radical (unpaired) electrons. The van der Waals surface area contributed by atoms with Crippen molar-refractivity contribution in [3.63, 3.8) is 0 Å². The van der Waals surface area contributed by atoms with Crippen LogP contribution in [0.3, 0.4) is 0 Å². The number of hydrogen-bond acceptors (Lipinski definition) is 6. The highest BCUT2D eigenvalue weighted by atomic mass is 16.4. The Morgan fingerprint density at radius 1 is 1.10 bits per heavy atom. The number of aliphatic carboxylic acids is 1. The number of carboxylic acid groups (broad SMARTS) is 1. The minimum Gasteiger partial charge on any atom is -0.480 e. The molecule has 0 aromatic carbocycles. The van der Waals surface area contributed by atoms with Crippen LogP contribution in [0.15, 0.2) is 0 Å². The predicted molar refractivity (Wildman–Crippen MR) is 108 cm³/mol. The van der Waals surface area contributed by atoms with E-state index in [9.17, 15) is 24.3 Å². The van der Waals surface area contributed by atoms with Gasteiger partial charge in [0.05, 0.1) is 6.54 Å². The Morgan fingerprint density at radius 2 is 1.79 bits per heavy atom. The molecule has 29 heavy (non-hydrogen) atoms. The van der Waals surface area contributed by atoms with E-state index in [0.29, 0.717) is 51.6 Å². The third-order valence-electron chi connectivity index (χ3n) is 4.93. The zero-order valence-corrected chi connectivity index (χ0v) is 17.4. The first kappa shape index (κ1) is 24.8. The average molecular weight is 414 g/mol. The molecule has 1 fully saturated rings. The van der Waals surface area contributed by atoms with Crippen LogP contribution in [0.25, 0.3) is 0 Å². The molecule has 10 heteroatoms. The van der Waals surface area contributed by atoms with Gasteiger partial charge in [-0.05, 0) is 51.0 Å². The lowest BCUT2D eigenvalue weighted by molar-refractivity contribution is -0.149. The molecule has 0 aliphatic carbocycles. The van der Waals surface area contributed by atoms with Crippen LogP contribution in [0.2, 0.25) is 0 Å². The van der Waals surface area contributed by atoms with Gasteiger partial charge < -0.3 is 32.1 Å². The van der Waals surface area contributed by atoms with Crippen molar-refractivity contribution in [1.82, 2.24) is 15.5 Å². The summed E-state index contributed by atoms with van der Waals surface area (Å²) in [7, 11) is 0. The highest BCUT2D eigenvalue weighted by Crippen LogP contribution is 2.20. The van der Waals surface area contributed by atoms with Gasteiger partial charge >= 0.3 is 5.97 Å². The smallest absolute Gasteiger partial charge is 0.326 e. The summed E-state index contributed by atoms with van der Waals surface area (Å²) in [5.74, 6) is -2.25. The number of hydrogen-bond donors (Lipinski definition) is 5. The highest BCUT2D eigenvalue weighted by Gasteiger charge is 2.38. The van der Waals surface area contributed by atoms with Gasteiger partial charge in [-0.25, -0.2) is 4.79 Å². The Bertz CT molecular complexity index is 583. The van der Waals surface area contributed by atoms with Crippen molar-refractivity contribution in [2.24, 2.45) is 17.4 Å². The second-order valence-corrected chi connectivity index (χ2v) is 7.83. The predicted octanol–water partition coefficient (Wildman–Crippen LogP) is -0.835. The molecule has 0 saturated carbocycles. The monoisotopic (exact) mass is 413 g/mol. The summed E-state index contributed by atoms with van der Waals surface area (Å²) in [6.07, 6.45) is 3.04. The van der Waals surface area contributed by atoms with Gasteiger partial charge in [0, 0.05) is 6.54 Å². The van der Waals surface area contributed by atoms with E-state index in [1.807, 2.05) is 13.8 Å². The van der Waals surface area contributed by atoms with Crippen LogP contribution >= 0.6 is 0 Å². The van der Waals surface area contributed by atoms with E-state index in [1.54, 1.807) is 0 Å². The molecular weight excluding hydrogens is 378 g/mol. The molecule has 3 amide bonds. The van der Waals surface area contributed by atoms with Crippen molar-refractivity contribution in [1.29, 1.82) is 0 Å². The fraction of sp³-hybridized carbons (Fsp3) is 0.789. The molecular formula is C19H35N5O5. The van der Waals surface area contributed by atoms with Crippen molar-refractivity contribution >= 4 is 23.7 Å². The second kappa shape index (κ2) is 12.4. The first-order valence-corrected chi connectivity index (χ1v) is 10.2. The molecule has 1 heterocycles. The molecule has 3 unspecified atom stereocenters. The highest BCUT2D eigenvalue weighted by molar-refractivity contribution is 5.93. The van der Waals surface area contributed by atoms with Crippen molar-refractivity contribution in [3.05, 3.63) is 0 Å². The second-order valence-electron chi connectivity index (χ2n) is 7.83. The van der Waals surface area contributed by atoms with Crippen LogP contribution < -0.4 is 22.1 Å². The number of likely N-dealkylation sites (tertiary alicyclic amines) is 1. The van der Waals surface area contributed by atoms with Crippen LogP contribution in [0.1, 0.15) is 52.4 Å². The standard InChI is InChI=1S/C19H35N5O5/c1-12(2)10-14(22-16(25)11-21)17(26)23-13(6-3-4-8-20)18(27)24-9-5-7-15(24)19(28)29/h12-15H,3-11,20-21H2,1-2H3,(H,22,25)(H,23,26)(H,28,29). The molecule has 7 N–H and O–H groups in total. The molecule has 10 nitrogen and oxygen atoms in total. The molecule has 1 rings (SSSR count). The number of nitrogens with one attached hydrogen (secondary N) is 2. The van der Waals surface area contributed by atoms with Crippen LogP contribution in [0, 0.1) is 5.92 Å². The molecule has 1 aliphatic heterocycles. The zero-order chi connectivity index (χ0) is 22.0. The van der Waals surface area contributed by atoms with Gasteiger partial charge in [-0.3, -0.25) is 14.4 Å². The summed E-state index contributed by atoms with van der Waals surface area (Å²) in [5, 5.41) is 14.7. The number of nitrogens with two attached hydrogens (primary N) is 2. The number of rotatable bonds is 12. The SMILES string of the molecule is CC(C)CC(NC(=O)CN)C(=O)NC(CCCCN)C(=O)N1CCCC1C(=O)O. The quantitative estimate of drug-likeness (QED) is 0.260. The van der Waals surface area contributed by atoms with Crippen molar-refractivity contribution in [3.8, 4) is 0 Å². The summed E-state index contributed by atoms with van der Waals surface area (Å²) in [6.45, 7) is 4.40. The Morgan fingerprint density at radius 3 is 2.34 bits per heavy atom. The topological polar surface area (TPSA) is 168 Å². The van der Waals surface area contributed by atoms with E-state index in [2.05, 4.69) is 10.6 Å². The van der Waals surface area contributed by atoms with Gasteiger partial charge in [0.15, 0.2) is 0 Å². The number of unbranched alkanes of at least 4 members (excludes halogenated alkanes) is 1.